The van der Waals surface area contributed by atoms with Crippen LogP contribution in [0.15, 0.2) is 42.7 Å². The van der Waals surface area contributed by atoms with Crippen LogP contribution in [0.1, 0.15) is 43.7 Å². The molecule has 1 atom stereocenters. The number of imide groups is 1. The molecule has 1 aromatic heterocycles. The number of hydrogen-bond acceptors (Lipinski definition) is 4. The van der Waals surface area contributed by atoms with Crippen molar-refractivity contribution in [1.82, 2.24) is 25.3 Å². The molecule has 4 amide bonds. The number of aromatic nitrogens is 2. The third kappa shape index (κ3) is 3.74. The highest BCUT2D eigenvalue weighted by molar-refractivity contribution is 6.09. The van der Waals surface area contributed by atoms with Crippen LogP contribution in [-0.2, 0) is 22.7 Å². The maximum atomic E-state index is 12.8. The average molecular weight is 395 g/mol. The van der Waals surface area contributed by atoms with E-state index in [1.807, 2.05) is 41.2 Å². The summed E-state index contributed by atoms with van der Waals surface area (Å²) in [6, 6.07) is 8.42. The molecule has 29 heavy (non-hydrogen) atoms. The minimum Gasteiger partial charge on any atom is -0.350 e. The summed E-state index contributed by atoms with van der Waals surface area (Å²) in [6.07, 6.45) is 6.74. The average Bonchev–Trinajstić information content (AvgIpc) is 3.43. The van der Waals surface area contributed by atoms with Gasteiger partial charge in [-0.3, -0.25) is 14.3 Å². The van der Waals surface area contributed by atoms with Gasteiger partial charge in [0.15, 0.2) is 0 Å². The van der Waals surface area contributed by atoms with Crippen LogP contribution in [0.4, 0.5) is 4.79 Å². The predicted octanol–water partition coefficient (Wildman–Crippen LogP) is 1.80. The Morgan fingerprint density at radius 2 is 2.00 bits per heavy atom. The van der Waals surface area contributed by atoms with Crippen LogP contribution in [0, 0.1) is 0 Å². The van der Waals surface area contributed by atoms with Gasteiger partial charge in [0.25, 0.3) is 5.91 Å². The summed E-state index contributed by atoms with van der Waals surface area (Å²) >= 11 is 0. The van der Waals surface area contributed by atoms with Gasteiger partial charge in [-0.05, 0) is 37.0 Å². The molecule has 1 unspecified atom stereocenters. The largest absolute Gasteiger partial charge is 0.350 e. The number of rotatable bonds is 6. The summed E-state index contributed by atoms with van der Waals surface area (Å²) < 4.78 is 1.83. The molecular formula is C21H25N5O3. The third-order valence-electron chi connectivity index (χ3n) is 5.78. The zero-order valence-corrected chi connectivity index (χ0v) is 16.4. The van der Waals surface area contributed by atoms with Crippen molar-refractivity contribution in [3.05, 3.63) is 53.9 Å². The van der Waals surface area contributed by atoms with Gasteiger partial charge in [-0.2, -0.15) is 5.10 Å². The molecule has 2 aliphatic rings. The van der Waals surface area contributed by atoms with Crippen molar-refractivity contribution in [3.63, 3.8) is 0 Å². The van der Waals surface area contributed by atoms with E-state index in [9.17, 15) is 14.4 Å². The lowest BCUT2D eigenvalue weighted by atomic mass is 9.97. The maximum Gasteiger partial charge on any atom is 0.325 e. The molecule has 1 saturated heterocycles. The topological polar surface area (TPSA) is 96.3 Å². The molecule has 0 radical (unpaired) electrons. The molecule has 2 aromatic rings. The second kappa shape index (κ2) is 7.69. The van der Waals surface area contributed by atoms with E-state index in [1.54, 1.807) is 13.1 Å². The summed E-state index contributed by atoms with van der Waals surface area (Å²) in [6.45, 7) is 2.57. The Morgan fingerprint density at radius 3 is 2.72 bits per heavy atom. The van der Waals surface area contributed by atoms with Crippen LogP contribution in [0.5, 0.6) is 0 Å². The molecule has 1 aliphatic heterocycles. The smallest absolute Gasteiger partial charge is 0.325 e. The molecule has 2 N–H and O–H groups in total. The van der Waals surface area contributed by atoms with Crippen molar-refractivity contribution in [2.75, 3.05) is 0 Å². The number of benzene rings is 1. The number of urea groups is 1. The van der Waals surface area contributed by atoms with Gasteiger partial charge in [-0.25, -0.2) is 9.69 Å². The number of nitrogens with one attached hydrogen (secondary N) is 2. The molecule has 8 heteroatoms. The third-order valence-corrected chi connectivity index (χ3v) is 5.78. The fraction of sp³-hybridized carbons (Fsp3) is 0.429. The normalized spacial score (nSPS) is 18.9. The Hall–Kier alpha value is -3.16. The van der Waals surface area contributed by atoms with Crippen molar-refractivity contribution in [3.8, 4) is 0 Å². The minimum absolute atomic E-state index is 0.274. The number of carbonyl (C=O) groups is 3. The molecule has 152 valence electrons. The molecule has 0 bridgehead atoms. The molecule has 4 rings (SSSR count). The van der Waals surface area contributed by atoms with Crippen LogP contribution in [0.3, 0.4) is 0 Å². The van der Waals surface area contributed by atoms with Gasteiger partial charge in [0.05, 0.1) is 6.54 Å². The summed E-state index contributed by atoms with van der Waals surface area (Å²) in [5, 5.41) is 9.86. The second-order valence-electron chi connectivity index (χ2n) is 7.81. The van der Waals surface area contributed by atoms with Crippen molar-refractivity contribution in [2.24, 2.45) is 0 Å². The van der Waals surface area contributed by atoms with Gasteiger partial charge in [-0.15, -0.1) is 0 Å². The molecule has 8 nitrogen and oxygen atoms in total. The first kappa shape index (κ1) is 19.2. The van der Waals surface area contributed by atoms with Crippen molar-refractivity contribution >= 4 is 17.8 Å². The van der Waals surface area contributed by atoms with Gasteiger partial charge >= 0.3 is 6.03 Å². The summed E-state index contributed by atoms with van der Waals surface area (Å²) in [7, 11) is 0. The Balaban J connectivity index is 1.37. The van der Waals surface area contributed by atoms with E-state index in [4.69, 9.17) is 0 Å². The van der Waals surface area contributed by atoms with E-state index < -0.39 is 17.6 Å². The first-order chi connectivity index (χ1) is 14.0. The second-order valence-corrected chi connectivity index (χ2v) is 7.81. The fourth-order valence-corrected chi connectivity index (χ4v) is 4.18. The summed E-state index contributed by atoms with van der Waals surface area (Å²) in [5.41, 5.74) is 1.22. The first-order valence-electron chi connectivity index (χ1n) is 9.97. The lowest BCUT2D eigenvalue weighted by molar-refractivity contribution is -0.137. The van der Waals surface area contributed by atoms with Crippen molar-refractivity contribution in [1.29, 1.82) is 0 Å². The van der Waals surface area contributed by atoms with E-state index in [1.165, 1.54) is 0 Å². The standard InChI is InChI=1S/C21H25N5O3/c1-15(26-19(28)21(24-20(26)29)8-2-3-9-21)18(27)22-13-16-6-4-7-17(12-16)14-25-11-5-10-23-25/h4-7,10-12,15H,2-3,8-9,13-14H2,1H3,(H,22,27)(H,24,29). The number of nitrogens with zero attached hydrogens (tertiary/aromatic N) is 3. The van der Waals surface area contributed by atoms with Gasteiger partial charge < -0.3 is 10.6 Å². The highest BCUT2D eigenvalue weighted by atomic mass is 16.2. The van der Waals surface area contributed by atoms with Crippen molar-refractivity contribution in [2.45, 2.75) is 57.3 Å². The summed E-state index contributed by atoms with van der Waals surface area (Å²) in [5.74, 6) is -0.620. The molecule has 1 aliphatic carbocycles. The molecule has 1 spiro atoms. The lowest BCUT2D eigenvalue weighted by Gasteiger charge is -2.23. The van der Waals surface area contributed by atoms with E-state index in [-0.39, 0.29) is 11.8 Å². The van der Waals surface area contributed by atoms with Crippen molar-refractivity contribution < 1.29 is 14.4 Å². The maximum absolute atomic E-state index is 12.8. The van der Waals surface area contributed by atoms with Crippen LogP contribution in [-0.4, -0.2) is 44.1 Å². The lowest BCUT2D eigenvalue weighted by Crippen LogP contribution is -2.49. The van der Waals surface area contributed by atoms with Gasteiger partial charge in [0.2, 0.25) is 5.91 Å². The monoisotopic (exact) mass is 395 g/mol. The fourth-order valence-electron chi connectivity index (χ4n) is 4.18. The molecule has 2 heterocycles. The number of hydrogen-bond donors (Lipinski definition) is 2. The van der Waals surface area contributed by atoms with E-state index in [0.29, 0.717) is 25.9 Å². The zero-order chi connectivity index (χ0) is 20.4. The minimum atomic E-state index is -0.852. The Kier molecular flexibility index (Phi) is 5.08. The summed E-state index contributed by atoms with van der Waals surface area (Å²) in [4.78, 5) is 38.9. The molecule has 2 fully saturated rings. The van der Waals surface area contributed by atoms with Crippen LogP contribution in [0.25, 0.3) is 0 Å². The van der Waals surface area contributed by atoms with Gasteiger partial charge in [0.1, 0.15) is 11.6 Å². The Bertz CT molecular complexity index is 918. The molecule has 1 aromatic carbocycles. The SMILES string of the molecule is CC(C(=O)NCc1cccc(Cn2cccn2)c1)N1C(=O)NC2(CCCC2)C1=O. The zero-order valence-electron chi connectivity index (χ0n) is 16.4. The van der Waals surface area contributed by atoms with Crippen LogP contribution in [0.2, 0.25) is 0 Å². The number of amides is 4. The van der Waals surface area contributed by atoms with E-state index in [2.05, 4.69) is 15.7 Å². The molecule has 1 saturated carbocycles. The van der Waals surface area contributed by atoms with E-state index in [0.717, 1.165) is 28.9 Å². The highest BCUT2D eigenvalue weighted by Crippen LogP contribution is 2.35. The van der Waals surface area contributed by atoms with Crippen LogP contribution < -0.4 is 10.6 Å². The van der Waals surface area contributed by atoms with Gasteiger partial charge in [0, 0.05) is 18.9 Å². The van der Waals surface area contributed by atoms with Gasteiger partial charge in [-0.1, -0.05) is 37.1 Å². The Labute approximate surface area is 169 Å². The van der Waals surface area contributed by atoms with E-state index >= 15 is 0 Å². The Morgan fingerprint density at radius 1 is 1.24 bits per heavy atom. The highest BCUT2D eigenvalue weighted by Gasteiger charge is 2.54. The van der Waals surface area contributed by atoms with Crippen LogP contribution >= 0.6 is 0 Å². The molecular weight excluding hydrogens is 370 g/mol. The first-order valence-corrected chi connectivity index (χ1v) is 9.97. The quantitative estimate of drug-likeness (QED) is 0.729. The predicted molar refractivity (Wildman–Crippen MR) is 106 cm³/mol. The number of carbonyl (C=O) groups excluding carboxylic acids is 3.